The van der Waals surface area contributed by atoms with Gasteiger partial charge in [0.1, 0.15) is 0 Å². The Morgan fingerprint density at radius 2 is 2.32 bits per heavy atom. The summed E-state index contributed by atoms with van der Waals surface area (Å²) in [4.78, 5) is 2.46. The molecule has 2 N–H and O–H groups in total. The molecule has 1 heterocycles. The minimum absolute atomic E-state index is 0.648. The number of rotatable bonds is 5. The second-order valence-electron chi connectivity index (χ2n) is 5.23. The van der Waals surface area contributed by atoms with Gasteiger partial charge in [0, 0.05) is 24.7 Å². The maximum absolute atomic E-state index is 5.60. The molecule has 1 atom stereocenters. The number of hydrogen-bond acceptors (Lipinski definition) is 3. The van der Waals surface area contributed by atoms with Crippen molar-refractivity contribution in [3.8, 4) is 0 Å². The van der Waals surface area contributed by atoms with Crippen LogP contribution in [0.4, 0.5) is 5.69 Å². The predicted octanol–water partition coefficient (Wildman–Crippen LogP) is 2.81. The van der Waals surface area contributed by atoms with Crippen LogP contribution in [0.3, 0.4) is 0 Å². The van der Waals surface area contributed by atoms with E-state index in [9.17, 15) is 0 Å². The van der Waals surface area contributed by atoms with Crippen molar-refractivity contribution >= 4 is 21.6 Å². The highest BCUT2D eigenvalue weighted by molar-refractivity contribution is 9.10. The standard InChI is InChI=1S/C15H23BrN2O/c1-19-11-13-3-2-8-18(10-13)15-5-4-12(6-7-17)9-14(15)16/h4-5,9,13H,2-3,6-8,10-11,17H2,1H3. The minimum atomic E-state index is 0.648. The van der Waals surface area contributed by atoms with Gasteiger partial charge in [-0.05, 0) is 65.4 Å². The molecule has 4 heteroatoms. The first-order valence-corrected chi connectivity index (χ1v) is 7.76. The van der Waals surface area contributed by atoms with Crippen LogP contribution in [0.2, 0.25) is 0 Å². The van der Waals surface area contributed by atoms with Crippen LogP contribution in [-0.4, -0.2) is 33.4 Å². The van der Waals surface area contributed by atoms with Crippen molar-refractivity contribution in [3.63, 3.8) is 0 Å². The molecular weight excluding hydrogens is 304 g/mol. The number of hydrogen-bond donors (Lipinski definition) is 1. The Balaban J connectivity index is 2.08. The number of halogens is 1. The van der Waals surface area contributed by atoms with Gasteiger partial charge in [0.2, 0.25) is 0 Å². The number of benzene rings is 1. The smallest absolute Gasteiger partial charge is 0.0510 e. The molecule has 19 heavy (non-hydrogen) atoms. The SMILES string of the molecule is COCC1CCCN(c2ccc(CCN)cc2Br)C1. The van der Waals surface area contributed by atoms with Crippen molar-refractivity contribution in [1.82, 2.24) is 0 Å². The Bertz CT molecular complexity index is 409. The highest BCUT2D eigenvalue weighted by Gasteiger charge is 2.21. The predicted molar refractivity (Wildman–Crippen MR) is 83.7 cm³/mol. The lowest BCUT2D eigenvalue weighted by Crippen LogP contribution is -2.37. The van der Waals surface area contributed by atoms with Crippen LogP contribution in [0, 0.1) is 5.92 Å². The molecule has 0 saturated carbocycles. The van der Waals surface area contributed by atoms with Gasteiger partial charge in [0.25, 0.3) is 0 Å². The van der Waals surface area contributed by atoms with Crippen molar-refractivity contribution in [2.45, 2.75) is 19.3 Å². The lowest BCUT2D eigenvalue weighted by molar-refractivity contribution is 0.143. The molecular formula is C15H23BrN2O. The summed E-state index contributed by atoms with van der Waals surface area (Å²) in [5, 5.41) is 0. The summed E-state index contributed by atoms with van der Waals surface area (Å²) in [5.41, 5.74) is 8.19. The van der Waals surface area contributed by atoms with Gasteiger partial charge in [-0.1, -0.05) is 6.07 Å². The number of ether oxygens (including phenoxy) is 1. The summed E-state index contributed by atoms with van der Waals surface area (Å²) < 4.78 is 6.47. The van der Waals surface area contributed by atoms with Crippen LogP contribution in [0.1, 0.15) is 18.4 Å². The van der Waals surface area contributed by atoms with Crippen LogP contribution in [0.15, 0.2) is 22.7 Å². The maximum Gasteiger partial charge on any atom is 0.0510 e. The quantitative estimate of drug-likeness (QED) is 0.904. The highest BCUT2D eigenvalue weighted by Crippen LogP contribution is 2.31. The van der Waals surface area contributed by atoms with Gasteiger partial charge in [0.15, 0.2) is 0 Å². The molecule has 1 unspecified atom stereocenters. The van der Waals surface area contributed by atoms with Gasteiger partial charge >= 0.3 is 0 Å². The fraction of sp³-hybridized carbons (Fsp3) is 0.600. The molecule has 3 nitrogen and oxygen atoms in total. The van der Waals surface area contributed by atoms with Crippen molar-refractivity contribution < 1.29 is 4.74 Å². The molecule has 106 valence electrons. The largest absolute Gasteiger partial charge is 0.384 e. The van der Waals surface area contributed by atoms with Crippen LogP contribution >= 0.6 is 15.9 Å². The van der Waals surface area contributed by atoms with Gasteiger partial charge < -0.3 is 15.4 Å². The van der Waals surface area contributed by atoms with E-state index < -0.39 is 0 Å². The van der Waals surface area contributed by atoms with Crippen LogP contribution in [0.25, 0.3) is 0 Å². The summed E-state index contributed by atoms with van der Waals surface area (Å²) in [6.07, 6.45) is 3.45. The summed E-state index contributed by atoms with van der Waals surface area (Å²) in [6.45, 7) is 3.78. The summed E-state index contributed by atoms with van der Waals surface area (Å²) >= 11 is 3.70. The van der Waals surface area contributed by atoms with Crippen molar-refractivity contribution in [2.24, 2.45) is 11.7 Å². The Labute approximate surface area is 124 Å². The first-order chi connectivity index (χ1) is 9.24. The van der Waals surface area contributed by atoms with E-state index in [0.29, 0.717) is 12.5 Å². The third-order valence-corrected chi connectivity index (χ3v) is 4.34. The second kappa shape index (κ2) is 7.27. The van der Waals surface area contributed by atoms with Crippen molar-refractivity contribution in [3.05, 3.63) is 28.2 Å². The average molecular weight is 327 g/mol. The first kappa shape index (κ1) is 14.8. The average Bonchev–Trinajstić information content (AvgIpc) is 2.40. The van der Waals surface area contributed by atoms with Gasteiger partial charge in [0.05, 0.1) is 12.3 Å². The fourth-order valence-electron chi connectivity index (χ4n) is 2.78. The zero-order valence-corrected chi connectivity index (χ0v) is 13.2. The van der Waals surface area contributed by atoms with Crippen LogP contribution < -0.4 is 10.6 Å². The molecule has 1 saturated heterocycles. The van der Waals surface area contributed by atoms with E-state index in [1.54, 1.807) is 7.11 Å². The van der Waals surface area contributed by atoms with E-state index in [4.69, 9.17) is 10.5 Å². The normalized spacial score (nSPS) is 19.7. The van der Waals surface area contributed by atoms with Crippen LogP contribution in [-0.2, 0) is 11.2 Å². The highest BCUT2D eigenvalue weighted by atomic mass is 79.9. The summed E-state index contributed by atoms with van der Waals surface area (Å²) in [7, 11) is 1.79. The van der Waals surface area contributed by atoms with E-state index in [-0.39, 0.29) is 0 Å². The lowest BCUT2D eigenvalue weighted by atomic mass is 9.98. The Morgan fingerprint density at radius 3 is 3.00 bits per heavy atom. The number of methoxy groups -OCH3 is 1. The van der Waals surface area contributed by atoms with E-state index in [0.717, 1.165) is 26.1 Å². The lowest BCUT2D eigenvalue weighted by Gasteiger charge is -2.34. The Kier molecular flexibility index (Phi) is 5.67. The monoisotopic (exact) mass is 326 g/mol. The molecule has 1 aliphatic heterocycles. The third kappa shape index (κ3) is 3.94. The number of nitrogens with two attached hydrogens (primary N) is 1. The van der Waals surface area contributed by atoms with E-state index in [2.05, 4.69) is 39.0 Å². The Hall–Kier alpha value is -0.580. The first-order valence-electron chi connectivity index (χ1n) is 6.97. The molecule has 0 spiro atoms. The van der Waals surface area contributed by atoms with Crippen LogP contribution in [0.5, 0.6) is 0 Å². The molecule has 1 aromatic rings. The molecule has 0 aromatic heterocycles. The molecule has 2 rings (SSSR count). The second-order valence-corrected chi connectivity index (χ2v) is 6.09. The molecule has 0 amide bonds. The zero-order valence-electron chi connectivity index (χ0n) is 11.6. The van der Waals surface area contributed by atoms with E-state index in [1.165, 1.54) is 28.6 Å². The molecule has 1 fully saturated rings. The van der Waals surface area contributed by atoms with Gasteiger partial charge in [-0.15, -0.1) is 0 Å². The molecule has 1 aromatic carbocycles. The number of nitrogens with zero attached hydrogens (tertiary/aromatic N) is 1. The molecule has 0 aliphatic carbocycles. The van der Waals surface area contributed by atoms with Crippen molar-refractivity contribution in [1.29, 1.82) is 0 Å². The number of piperidine rings is 1. The number of anilines is 1. The minimum Gasteiger partial charge on any atom is -0.384 e. The molecule has 1 aliphatic rings. The van der Waals surface area contributed by atoms with Gasteiger partial charge in [-0.2, -0.15) is 0 Å². The van der Waals surface area contributed by atoms with Gasteiger partial charge in [-0.25, -0.2) is 0 Å². The summed E-state index contributed by atoms with van der Waals surface area (Å²) in [5.74, 6) is 0.648. The zero-order chi connectivity index (χ0) is 13.7. The topological polar surface area (TPSA) is 38.5 Å². The Morgan fingerprint density at radius 1 is 1.47 bits per heavy atom. The molecule has 0 bridgehead atoms. The van der Waals surface area contributed by atoms with E-state index in [1.807, 2.05) is 0 Å². The molecule has 0 radical (unpaired) electrons. The van der Waals surface area contributed by atoms with Gasteiger partial charge in [-0.3, -0.25) is 0 Å². The summed E-state index contributed by atoms with van der Waals surface area (Å²) in [6, 6.07) is 6.60. The van der Waals surface area contributed by atoms with E-state index >= 15 is 0 Å². The maximum atomic E-state index is 5.60. The van der Waals surface area contributed by atoms with Crippen molar-refractivity contribution in [2.75, 3.05) is 38.3 Å². The third-order valence-electron chi connectivity index (χ3n) is 3.71. The fourth-order valence-corrected chi connectivity index (χ4v) is 3.46.